The number of fused-ring (bicyclic) bond motifs is 1. The Bertz CT molecular complexity index is 740. The lowest BCUT2D eigenvalue weighted by molar-refractivity contribution is -0.137. The van der Waals surface area contributed by atoms with Crippen molar-refractivity contribution in [2.45, 2.75) is 12.6 Å². The van der Waals surface area contributed by atoms with E-state index in [1.54, 1.807) is 23.1 Å². The SMILES string of the molecule is O=C(O)c1ccc2c(c1)CCN2c1cccc(C(F)(F)F)c1. The Hall–Kier alpha value is -2.50. The largest absolute Gasteiger partial charge is 0.478 e. The highest BCUT2D eigenvalue weighted by Crippen LogP contribution is 2.38. The maximum absolute atomic E-state index is 12.8. The third kappa shape index (κ3) is 2.52. The monoisotopic (exact) mass is 307 g/mol. The maximum Gasteiger partial charge on any atom is 0.416 e. The molecule has 114 valence electrons. The number of anilines is 2. The Morgan fingerprint density at radius 1 is 1.14 bits per heavy atom. The van der Waals surface area contributed by atoms with Crippen molar-refractivity contribution in [1.82, 2.24) is 0 Å². The lowest BCUT2D eigenvalue weighted by Crippen LogP contribution is -2.14. The number of hydrogen-bond donors (Lipinski definition) is 1. The first-order valence-corrected chi connectivity index (χ1v) is 6.67. The van der Waals surface area contributed by atoms with Crippen LogP contribution >= 0.6 is 0 Å². The summed E-state index contributed by atoms with van der Waals surface area (Å²) in [5, 5.41) is 8.99. The summed E-state index contributed by atoms with van der Waals surface area (Å²) < 4.78 is 38.4. The quantitative estimate of drug-likeness (QED) is 0.908. The fraction of sp³-hybridized carbons (Fsp3) is 0.188. The van der Waals surface area contributed by atoms with E-state index in [1.165, 1.54) is 12.1 Å². The molecular formula is C16H12F3NO2. The first-order chi connectivity index (χ1) is 10.4. The van der Waals surface area contributed by atoms with E-state index in [0.717, 1.165) is 23.4 Å². The molecule has 6 heteroatoms. The predicted molar refractivity (Wildman–Crippen MR) is 75.6 cm³/mol. The van der Waals surface area contributed by atoms with E-state index in [9.17, 15) is 18.0 Å². The highest BCUT2D eigenvalue weighted by molar-refractivity contribution is 5.89. The number of benzene rings is 2. The highest BCUT2D eigenvalue weighted by atomic mass is 19.4. The van der Waals surface area contributed by atoms with Crippen molar-refractivity contribution in [3.8, 4) is 0 Å². The second-order valence-corrected chi connectivity index (χ2v) is 5.10. The Morgan fingerprint density at radius 3 is 2.59 bits per heavy atom. The second kappa shape index (κ2) is 5.05. The third-order valence-corrected chi connectivity index (χ3v) is 3.71. The molecule has 0 bridgehead atoms. The molecule has 0 saturated heterocycles. The summed E-state index contributed by atoms with van der Waals surface area (Å²) in [7, 11) is 0. The van der Waals surface area contributed by atoms with Crippen molar-refractivity contribution in [3.05, 3.63) is 59.2 Å². The minimum atomic E-state index is -4.38. The third-order valence-electron chi connectivity index (χ3n) is 3.71. The van der Waals surface area contributed by atoms with E-state index >= 15 is 0 Å². The molecule has 0 fully saturated rings. The van der Waals surface area contributed by atoms with Gasteiger partial charge in [-0.3, -0.25) is 0 Å². The van der Waals surface area contributed by atoms with Gasteiger partial charge >= 0.3 is 12.1 Å². The number of aromatic carboxylic acids is 1. The summed E-state index contributed by atoms with van der Waals surface area (Å²) in [6, 6.07) is 9.83. The fourth-order valence-corrected chi connectivity index (χ4v) is 2.65. The van der Waals surface area contributed by atoms with Crippen LogP contribution in [0, 0.1) is 0 Å². The number of carboxylic acid groups (broad SMARTS) is 1. The average Bonchev–Trinajstić information content (AvgIpc) is 2.89. The molecule has 0 aliphatic carbocycles. The molecule has 1 aliphatic rings. The molecule has 3 nitrogen and oxygen atoms in total. The summed E-state index contributed by atoms with van der Waals surface area (Å²) in [5.41, 5.74) is 1.53. The van der Waals surface area contributed by atoms with E-state index in [4.69, 9.17) is 5.11 Å². The van der Waals surface area contributed by atoms with Crippen molar-refractivity contribution in [3.63, 3.8) is 0 Å². The molecule has 0 unspecified atom stereocenters. The minimum absolute atomic E-state index is 0.185. The van der Waals surface area contributed by atoms with Crippen LogP contribution in [0.5, 0.6) is 0 Å². The molecule has 2 aromatic carbocycles. The topological polar surface area (TPSA) is 40.5 Å². The van der Waals surface area contributed by atoms with Gasteiger partial charge in [0.15, 0.2) is 0 Å². The molecule has 0 amide bonds. The highest BCUT2D eigenvalue weighted by Gasteiger charge is 2.31. The van der Waals surface area contributed by atoms with Crippen LogP contribution in [-0.2, 0) is 12.6 Å². The molecular weight excluding hydrogens is 295 g/mol. The molecule has 2 aromatic rings. The van der Waals surface area contributed by atoms with Gasteiger partial charge in [0.25, 0.3) is 0 Å². The first kappa shape index (κ1) is 14.4. The number of carbonyl (C=O) groups is 1. The summed E-state index contributed by atoms with van der Waals surface area (Å²) in [5.74, 6) is -1.01. The summed E-state index contributed by atoms with van der Waals surface area (Å²) in [6.07, 6.45) is -3.78. The normalized spacial score (nSPS) is 14.0. The Kier molecular flexibility index (Phi) is 3.31. The van der Waals surface area contributed by atoms with Crippen molar-refractivity contribution in [2.24, 2.45) is 0 Å². The van der Waals surface area contributed by atoms with Crippen molar-refractivity contribution in [2.75, 3.05) is 11.4 Å². The lowest BCUT2D eigenvalue weighted by Gasteiger charge is -2.21. The van der Waals surface area contributed by atoms with E-state index in [-0.39, 0.29) is 5.56 Å². The van der Waals surface area contributed by atoms with Gasteiger partial charge in [0.1, 0.15) is 0 Å². The number of halogens is 3. The summed E-state index contributed by atoms with van der Waals surface area (Å²) in [6.45, 7) is 0.527. The number of alkyl halides is 3. The zero-order valence-electron chi connectivity index (χ0n) is 11.4. The van der Waals surface area contributed by atoms with Gasteiger partial charge in [-0.2, -0.15) is 13.2 Å². The number of hydrogen-bond acceptors (Lipinski definition) is 2. The van der Waals surface area contributed by atoms with E-state index < -0.39 is 17.7 Å². The fourth-order valence-electron chi connectivity index (χ4n) is 2.65. The van der Waals surface area contributed by atoms with Crippen LogP contribution in [0.3, 0.4) is 0 Å². The molecule has 0 saturated carbocycles. The van der Waals surface area contributed by atoms with E-state index in [2.05, 4.69) is 0 Å². The maximum atomic E-state index is 12.8. The van der Waals surface area contributed by atoms with Gasteiger partial charge in [0.2, 0.25) is 0 Å². The molecule has 0 aromatic heterocycles. The molecule has 1 N–H and O–H groups in total. The summed E-state index contributed by atoms with van der Waals surface area (Å²) in [4.78, 5) is 12.7. The van der Waals surface area contributed by atoms with E-state index in [1.807, 2.05) is 0 Å². The van der Waals surface area contributed by atoms with Crippen LogP contribution in [0.4, 0.5) is 24.5 Å². The number of carboxylic acids is 1. The average molecular weight is 307 g/mol. The molecule has 22 heavy (non-hydrogen) atoms. The van der Waals surface area contributed by atoms with Crippen LogP contribution < -0.4 is 4.90 Å². The molecule has 0 radical (unpaired) electrons. The molecule has 3 rings (SSSR count). The van der Waals surface area contributed by atoms with Crippen molar-refractivity contribution in [1.29, 1.82) is 0 Å². The number of rotatable bonds is 2. The summed E-state index contributed by atoms with van der Waals surface area (Å²) >= 11 is 0. The first-order valence-electron chi connectivity index (χ1n) is 6.67. The van der Waals surface area contributed by atoms with Crippen LogP contribution in [0.15, 0.2) is 42.5 Å². The van der Waals surface area contributed by atoms with Crippen LogP contribution in [0.25, 0.3) is 0 Å². The minimum Gasteiger partial charge on any atom is -0.478 e. The molecule has 1 heterocycles. The van der Waals surface area contributed by atoms with Gasteiger partial charge in [-0.05, 0) is 48.4 Å². The Morgan fingerprint density at radius 2 is 1.91 bits per heavy atom. The van der Waals surface area contributed by atoms with Gasteiger partial charge in [0, 0.05) is 17.9 Å². The Labute approximate surface area is 124 Å². The van der Waals surface area contributed by atoms with Gasteiger partial charge in [0.05, 0.1) is 11.1 Å². The van der Waals surface area contributed by atoms with Crippen molar-refractivity contribution < 1.29 is 23.1 Å². The lowest BCUT2D eigenvalue weighted by atomic mass is 10.1. The predicted octanol–water partition coefficient (Wildman–Crippen LogP) is 4.10. The van der Waals surface area contributed by atoms with Crippen LogP contribution in [0.2, 0.25) is 0 Å². The zero-order valence-corrected chi connectivity index (χ0v) is 11.4. The van der Waals surface area contributed by atoms with Crippen LogP contribution in [0.1, 0.15) is 21.5 Å². The Balaban J connectivity index is 1.98. The number of nitrogens with zero attached hydrogens (tertiary/aromatic N) is 1. The second-order valence-electron chi connectivity index (χ2n) is 5.10. The van der Waals surface area contributed by atoms with Crippen LogP contribution in [-0.4, -0.2) is 17.6 Å². The molecule has 0 atom stereocenters. The molecule has 1 aliphatic heterocycles. The van der Waals surface area contributed by atoms with Gasteiger partial charge in [-0.25, -0.2) is 4.79 Å². The zero-order chi connectivity index (χ0) is 15.9. The standard InChI is InChI=1S/C16H12F3NO2/c17-16(18,19)12-2-1-3-13(9-12)20-7-6-10-8-11(15(21)22)4-5-14(10)20/h1-5,8-9H,6-7H2,(H,21,22). The van der Waals surface area contributed by atoms with Gasteiger partial charge in [-0.15, -0.1) is 0 Å². The molecule has 0 spiro atoms. The smallest absolute Gasteiger partial charge is 0.416 e. The van der Waals surface area contributed by atoms with Crippen molar-refractivity contribution >= 4 is 17.3 Å². The van der Waals surface area contributed by atoms with E-state index in [0.29, 0.717) is 18.7 Å². The van der Waals surface area contributed by atoms with Gasteiger partial charge < -0.3 is 10.0 Å². The van der Waals surface area contributed by atoms with Gasteiger partial charge in [-0.1, -0.05) is 6.07 Å².